The van der Waals surface area contributed by atoms with Gasteiger partial charge in [0, 0.05) is 11.7 Å². The van der Waals surface area contributed by atoms with E-state index >= 15 is 0 Å². The molecule has 1 aromatic carbocycles. The van der Waals surface area contributed by atoms with E-state index in [1.165, 1.54) is 50.5 Å². The van der Waals surface area contributed by atoms with E-state index in [-0.39, 0.29) is 0 Å². The molecule has 2 heteroatoms. The molecule has 3 rings (SSSR count). The number of benzene rings is 1. The van der Waals surface area contributed by atoms with Crippen LogP contribution >= 0.6 is 0 Å². The molecule has 0 heterocycles. The van der Waals surface area contributed by atoms with Crippen LogP contribution < -0.4 is 5.32 Å². The molecule has 1 atom stereocenters. The van der Waals surface area contributed by atoms with Crippen LogP contribution in [-0.2, 0) is 0 Å². The van der Waals surface area contributed by atoms with E-state index in [1.54, 1.807) is 0 Å². The molecule has 0 bridgehead atoms. The number of aryl methyl sites for hydroxylation is 1. The fourth-order valence-electron chi connectivity index (χ4n) is 3.81. The summed E-state index contributed by atoms with van der Waals surface area (Å²) in [5.41, 5.74) is 3.73. The van der Waals surface area contributed by atoms with E-state index in [2.05, 4.69) is 18.3 Å². The summed E-state index contributed by atoms with van der Waals surface area (Å²) < 4.78 is 0. The third-order valence-electron chi connectivity index (χ3n) is 5.22. The molecule has 0 aliphatic heterocycles. The van der Waals surface area contributed by atoms with Crippen molar-refractivity contribution in [1.82, 2.24) is 0 Å². The van der Waals surface area contributed by atoms with Crippen molar-refractivity contribution in [2.75, 3.05) is 5.32 Å². The Bertz CT molecular complexity index is 506. The normalized spacial score (nSPS) is 24.5. The molecule has 100 valence electrons. The summed E-state index contributed by atoms with van der Waals surface area (Å²) in [5.74, 6) is 0. The molecular formula is C17H22N2. The zero-order valence-electron chi connectivity index (χ0n) is 11.7. The van der Waals surface area contributed by atoms with Crippen LogP contribution in [0.3, 0.4) is 0 Å². The summed E-state index contributed by atoms with van der Waals surface area (Å²) in [6.45, 7) is 2.12. The highest BCUT2D eigenvalue weighted by molar-refractivity contribution is 5.56. The van der Waals surface area contributed by atoms with Gasteiger partial charge in [-0.1, -0.05) is 25.3 Å². The molecule has 19 heavy (non-hydrogen) atoms. The van der Waals surface area contributed by atoms with E-state index in [0.29, 0.717) is 11.5 Å². The molecule has 0 radical (unpaired) electrons. The second-order valence-corrected chi connectivity index (χ2v) is 6.30. The van der Waals surface area contributed by atoms with E-state index in [0.717, 1.165) is 11.3 Å². The minimum absolute atomic E-state index is 0.563. The first-order valence-electron chi connectivity index (χ1n) is 7.51. The molecule has 0 amide bonds. The molecule has 0 saturated heterocycles. The summed E-state index contributed by atoms with van der Waals surface area (Å²) in [4.78, 5) is 0. The maximum absolute atomic E-state index is 9.02. The third kappa shape index (κ3) is 2.23. The number of nitrogens with one attached hydrogen (secondary N) is 1. The summed E-state index contributed by atoms with van der Waals surface area (Å²) in [5, 5.41) is 12.8. The van der Waals surface area contributed by atoms with Crippen LogP contribution in [0, 0.1) is 23.7 Å². The predicted octanol–water partition coefficient (Wildman–Crippen LogP) is 4.39. The predicted molar refractivity (Wildman–Crippen MR) is 78.1 cm³/mol. The van der Waals surface area contributed by atoms with E-state index in [4.69, 9.17) is 5.26 Å². The van der Waals surface area contributed by atoms with E-state index in [9.17, 15) is 0 Å². The summed E-state index contributed by atoms with van der Waals surface area (Å²) in [6, 6.07) is 8.81. The van der Waals surface area contributed by atoms with Crippen molar-refractivity contribution in [3.8, 4) is 6.07 Å². The molecule has 1 N–H and O–H groups in total. The number of nitrogens with zero attached hydrogens (tertiary/aromatic N) is 1. The maximum atomic E-state index is 9.02. The number of rotatable bonds is 2. The first-order valence-corrected chi connectivity index (χ1v) is 7.51. The molecule has 1 spiro atoms. The molecule has 2 aliphatic carbocycles. The average Bonchev–Trinajstić information content (AvgIpc) is 2.46. The third-order valence-corrected chi connectivity index (χ3v) is 5.22. The SMILES string of the molecule is Cc1ccc(C#N)cc1NC1CCC12CCCCC2. The quantitative estimate of drug-likeness (QED) is 0.849. The molecule has 2 aliphatic rings. The van der Waals surface area contributed by atoms with Gasteiger partial charge in [0.1, 0.15) is 0 Å². The van der Waals surface area contributed by atoms with Gasteiger partial charge in [0.15, 0.2) is 0 Å². The van der Waals surface area contributed by atoms with Gasteiger partial charge in [0.25, 0.3) is 0 Å². The topological polar surface area (TPSA) is 35.8 Å². The van der Waals surface area contributed by atoms with Crippen molar-refractivity contribution in [1.29, 1.82) is 5.26 Å². The van der Waals surface area contributed by atoms with Gasteiger partial charge in [0.2, 0.25) is 0 Å². The maximum Gasteiger partial charge on any atom is 0.0992 e. The van der Waals surface area contributed by atoms with Crippen LogP contribution in [0.2, 0.25) is 0 Å². The molecule has 1 unspecified atom stereocenters. The Labute approximate surface area is 115 Å². The Balaban J connectivity index is 1.76. The zero-order valence-corrected chi connectivity index (χ0v) is 11.7. The molecule has 2 fully saturated rings. The van der Waals surface area contributed by atoms with Crippen molar-refractivity contribution in [2.45, 2.75) is 57.9 Å². The highest BCUT2D eigenvalue weighted by atomic mass is 15.0. The molecular weight excluding hydrogens is 232 g/mol. The number of anilines is 1. The summed E-state index contributed by atoms with van der Waals surface area (Å²) in [7, 11) is 0. The largest absolute Gasteiger partial charge is 0.382 e. The molecule has 1 aromatic rings. The standard InChI is InChI=1S/C17H22N2/c1-13-5-6-14(12-18)11-15(13)19-16-7-10-17(16)8-3-2-4-9-17/h5-6,11,16,19H,2-4,7-10H2,1H3. The second-order valence-electron chi connectivity index (χ2n) is 6.30. The van der Waals surface area contributed by atoms with E-state index in [1.807, 2.05) is 18.2 Å². The minimum atomic E-state index is 0.563. The van der Waals surface area contributed by atoms with Gasteiger partial charge in [-0.15, -0.1) is 0 Å². The first kappa shape index (κ1) is 12.5. The Morgan fingerprint density at radius 3 is 2.63 bits per heavy atom. The molecule has 0 aromatic heterocycles. The Hall–Kier alpha value is -1.49. The average molecular weight is 254 g/mol. The Kier molecular flexibility index (Phi) is 3.22. The minimum Gasteiger partial charge on any atom is -0.382 e. The zero-order chi connectivity index (χ0) is 13.3. The van der Waals surface area contributed by atoms with Gasteiger partial charge < -0.3 is 5.32 Å². The Morgan fingerprint density at radius 2 is 2.00 bits per heavy atom. The lowest BCUT2D eigenvalue weighted by Crippen LogP contribution is -2.50. The number of hydrogen-bond acceptors (Lipinski definition) is 2. The van der Waals surface area contributed by atoms with Gasteiger partial charge in [0.05, 0.1) is 11.6 Å². The van der Waals surface area contributed by atoms with E-state index < -0.39 is 0 Å². The van der Waals surface area contributed by atoms with Crippen molar-refractivity contribution < 1.29 is 0 Å². The molecule has 2 nitrogen and oxygen atoms in total. The van der Waals surface area contributed by atoms with Crippen molar-refractivity contribution in [3.63, 3.8) is 0 Å². The van der Waals surface area contributed by atoms with Gasteiger partial charge >= 0.3 is 0 Å². The fraction of sp³-hybridized carbons (Fsp3) is 0.588. The number of hydrogen-bond donors (Lipinski definition) is 1. The van der Waals surface area contributed by atoms with Crippen LogP contribution in [0.1, 0.15) is 56.1 Å². The van der Waals surface area contributed by atoms with Gasteiger partial charge in [-0.2, -0.15) is 5.26 Å². The smallest absolute Gasteiger partial charge is 0.0992 e. The van der Waals surface area contributed by atoms with Crippen LogP contribution in [0.25, 0.3) is 0 Å². The van der Waals surface area contributed by atoms with Crippen LogP contribution in [0.15, 0.2) is 18.2 Å². The fourth-order valence-corrected chi connectivity index (χ4v) is 3.81. The summed E-state index contributed by atoms with van der Waals surface area (Å²) in [6.07, 6.45) is 9.67. The second kappa shape index (κ2) is 4.89. The lowest BCUT2D eigenvalue weighted by molar-refractivity contribution is 0.0571. The summed E-state index contributed by atoms with van der Waals surface area (Å²) >= 11 is 0. The van der Waals surface area contributed by atoms with Crippen molar-refractivity contribution in [3.05, 3.63) is 29.3 Å². The van der Waals surface area contributed by atoms with Crippen molar-refractivity contribution in [2.24, 2.45) is 5.41 Å². The van der Waals surface area contributed by atoms with Crippen LogP contribution in [-0.4, -0.2) is 6.04 Å². The van der Waals surface area contributed by atoms with Gasteiger partial charge in [-0.3, -0.25) is 0 Å². The highest BCUT2D eigenvalue weighted by Gasteiger charge is 2.46. The van der Waals surface area contributed by atoms with Crippen LogP contribution in [0.5, 0.6) is 0 Å². The van der Waals surface area contributed by atoms with Crippen molar-refractivity contribution >= 4 is 5.69 Å². The van der Waals surface area contributed by atoms with Crippen LogP contribution in [0.4, 0.5) is 5.69 Å². The van der Waals surface area contributed by atoms with Gasteiger partial charge in [-0.05, 0) is 55.7 Å². The lowest BCUT2D eigenvalue weighted by atomic mass is 9.57. The molecule has 2 saturated carbocycles. The monoisotopic (exact) mass is 254 g/mol. The highest BCUT2D eigenvalue weighted by Crippen LogP contribution is 2.52. The lowest BCUT2D eigenvalue weighted by Gasteiger charge is -2.53. The van der Waals surface area contributed by atoms with Gasteiger partial charge in [-0.25, -0.2) is 0 Å². The first-order chi connectivity index (χ1) is 9.23. The number of nitriles is 1. The Morgan fingerprint density at radius 1 is 1.21 bits per heavy atom.